The summed E-state index contributed by atoms with van der Waals surface area (Å²) in [5.74, 6) is -0.312. The van der Waals surface area contributed by atoms with E-state index in [1.165, 1.54) is 6.21 Å². The molecule has 3 heterocycles. The van der Waals surface area contributed by atoms with Gasteiger partial charge in [0.25, 0.3) is 0 Å². The zero-order valence-corrected chi connectivity index (χ0v) is 17.0. The van der Waals surface area contributed by atoms with Gasteiger partial charge >= 0.3 is 6.09 Å². The summed E-state index contributed by atoms with van der Waals surface area (Å²) in [6.07, 6.45) is 5.24. The molecule has 2 aromatic heterocycles. The molecule has 3 rings (SSSR count). The van der Waals surface area contributed by atoms with Crippen molar-refractivity contribution in [3.05, 3.63) is 35.1 Å². The summed E-state index contributed by atoms with van der Waals surface area (Å²) in [7, 11) is 0. The number of nitrogens with zero attached hydrogens (tertiary/aromatic N) is 4. The smallest absolute Gasteiger partial charge is 0.410 e. The molecule has 0 bridgehead atoms. The lowest BCUT2D eigenvalue weighted by Crippen LogP contribution is -2.35. The predicted molar refractivity (Wildman–Crippen MR) is 111 cm³/mol. The van der Waals surface area contributed by atoms with Gasteiger partial charge in [-0.25, -0.2) is 9.78 Å². The Labute approximate surface area is 169 Å². The molecule has 28 heavy (non-hydrogen) atoms. The molecular weight excluding hydrogens is 378 g/mol. The summed E-state index contributed by atoms with van der Waals surface area (Å²) in [5, 5.41) is 8.16. The highest BCUT2D eigenvalue weighted by Crippen LogP contribution is 2.20. The first-order valence-electron chi connectivity index (χ1n) is 9.19. The van der Waals surface area contributed by atoms with Gasteiger partial charge in [-0.2, -0.15) is 0 Å². The number of aromatic nitrogens is 2. The van der Waals surface area contributed by atoms with Crippen LogP contribution in [0.3, 0.4) is 0 Å². The Bertz CT molecular complexity index is 909. The van der Waals surface area contributed by atoms with E-state index in [0.29, 0.717) is 23.8 Å². The molecule has 8 heteroatoms. The van der Waals surface area contributed by atoms with Gasteiger partial charge < -0.3 is 15.0 Å². The SMILES string of the molecule is CC(C)(C)OC(=O)N1CC[C@H](N=CC(C=N)c2cnc3ccc(Cl)nc3c2)C1. The maximum Gasteiger partial charge on any atom is 0.410 e. The maximum atomic E-state index is 12.2. The molecule has 0 aliphatic carbocycles. The number of hydrogen-bond acceptors (Lipinski definition) is 6. The molecule has 1 N–H and O–H groups in total. The molecule has 1 unspecified atom stereocenters. The van der Waals surface area contributed by atoms with E-state index in [9.17, 15) is 4.79 Å². The van der Waals surface area contributed by atoms with E-state index in [2.05, 4.69) is 15.0 Å². The van der Waals surface area contributed by atoms with Crippen LogP contribution in [0.15, 0.2) is 29.4 Å². The first-order chi connectivity index (χ1) is 13.2. The third kappa shape index (κ3) is 5.04. The molecule has 1 aliphatic heterocycles. The quantitative estimate of drug-likeness (QED) is 0.616. The molecule has 1 fully saturated rings. The first-order valence-corrected chi connectivity index (χ1v) is 9.57. The Morgan fingerprint density at radius 1 is 1.43 bits per heavy atom. The van der Waals surface area contributed by atoms with E-state index >= 15 is 0 Å². The Kier molecular flexibility index (Phi) is 5.93. The third-order valence-electron chi connectivity index (χ3n) is 4.36. The number of pyridine rings is 2. The summed E-state index contributed by atoms with van der Waals surface area (Å²) >= 11 is 5.96. The number of amides is 1. The Morgan fingerprint density at radius 2 is 2.21 bits per heavy atom. The van der Waals surface area contributed by atoms with Gasteiger partial charge in [-0.3, -0.25) is 9.98 Å². The van der Waals surface area contributed by atoms with Crippen LogP contribution in [0.5, 0.6) is 0 Å². The molecule has 7 nitrogen and oxygen atoms in total. The largest absolute Gasteiger partial charge is 0.444 e. The number of hydrogen-bond donors (Lipinski definition) is 1. The summed E-state index contributed by atoms with van der Waals surface area (Å²) < 4.78 is 5.41. The Balaban J connectivity index is 1.67. The topological polar surface area (TPSA) is 91.5 Å². The average Bonchev–Trinajstić information content (AvgIpc) is 3.09. The number of likely N-dealkylation sites (tertiary alicyclic amines) is 1. The summed E-state index contributed by atoms with van der Waals surface area (Å²) in [6.45, 7) is 6.69. The summed E-state index contributed by atoms with van der Waals surface area (Å²) in [5.41, 5.74) is 1.74. The average molecular weight is 402 g/mol. The van der Waals surface area contributed by atoms with Crippen molar-refractivity contribution in [3.63, 3.8) is 0 Å². The van der Waals surface area contributed by atoms with Gasteiger partial charge in [-0.05, 0) is 51.0 Å². The molecular formula is C20H24ClN5O2. The molecule has 1 saturated heterocycles. The van der Waals surface area contributed by atoms with Crippen LogP contribution in [0.2, 0.25) is 5.15 Å². The highest BCUT2D eigenvalue weighted by Gasteiger charge is 2.29. The lowest BCUT2D eigenvalue weighted by molar-refractivity contribution is 0.0293. The minimum absolute atomic E-state index is 0.00375. The van der Waals surface area contributed by atoms with Gasteiger partial charge in [0.1, 0.15) is 10.8 Å². The highest BCUT2D eigenvalue weighted by molar-refractivity contribution is 6.29. The number of carbonyl (C=O) groups is 1. The number of rotatable bonds is 4. The molecule has 1 amide bonds. The van der Waals surface area contributed by atoms with Crippen molar-refractivity contribution in [1.29, 1.82) is 5.41 Å². The second-order valence-electron chi connectivity index (χ2n) is 7.80. The normalized spacial score (nSPS) is 18.6. The molecule has 0 saturated carbocycles. The van der Waals surface area contributed by atoms with Gasteiger partial charge in [0.05, 0.1) is 23.0 Å². The van der Waals surface area contributed by atoms with E-state index in [4.69, 9.17) is 21.7 Å². The van der Waals surface area contributed by atoms with E-state index in [1.807, 2.05) is 32.9 Å². The van der Waals surface area contributed by atoms with Crippen molar-refractivity contribution in [2.45, 2.75) is 44.8 Å². The van der Waals surface area contributed by atoms with Gasteiger partial charge in [0, 0.05) is 31.7 Å². The van der Waals surface area contributed by atoms with Crippen LogP contribution in [0.1, 0.15) is 38.7 Å². The number of ether oxygens (including phenoxy) is 1. The molecule has 0 spiro atoms. The number of carbonyl (C=O) groups excluding carboxylic acids is 1. The van der Waals surface area contributed by atoms with Gasteiger partial charge in [0.2, 0.25) is 0 Å². The van der Waals surface area contributed by atoms with Crippen LogP contribution in [0.25, 0.3) is 11.0 Å². The second-order valence-corrected chi connectivity index (χ2v) is 8.19. The Morgan fingerprint density at radius 3 is 2.93 bits per heavy atom. The fourth-order valence-electron chi connectivity index (χ4n) is 2.98. The zero-order chi connectivity index (χ0) is 20.3. The maximum absolute atomic E-state index is 12.2. The summed E-state index contributed by atoms with van der Waals surface area (Å²) in [6, 6.07) is 5.38. The van der Waals surface area contributed by atoms with E-state index in [-0.39, 0.29) is 18.1 Å². The molecule has 2 aromatic rings. The first kappa shape index (κ1) is 20.2. The van der Waals surface area contributed by atoms with E-state index < -0.39 is 5.60 Å². The van der Waals surface area contributed by atoms with E-state index in [0.717, 1.165) is 17.5 Å². The number of fused-ring (bicyclic) bond motifs is 1. The molecule has 148 valence electrons. The van der Waals surface area contributed by atoms with Gasteiger partial charge in [-0.15, -0.1) is 0 Å². The van der Waals surface area contributed by atoms with Crippen LogP contribution in [-0.2, 0) is 4.74 Å². The van der Waals surface area contributed by atoms with E-state index in [1.54, 1.807) is 23.4 Å². The van der Waals surface area contributed by atoms with Crippen LogP contribution in [-0.4, -0.2) is 58.1 Å². The molecule has 2 atom stereocenters. The van der Waals surface area contributed by atoms with Crippen molar-refractivity contribution in [3.8, 4) is 0 Å². The van der Waals surface area contributed by atoms with Gasteiger partial charge in [0.15, 0.2) is 0 Å². The monoisotopic (exact) mass is 401 g/mol. The number of halogens is 1. The highest BCUT2D eigenvalue weighted by atomic mass is 35.5. The minimum Gasteiger partial charge on any atom is -0.444 e. The Hall–Kier alpha value is -2.54. The van der Waals surface area contributed by atoms with Crippen LogP contribution < -0.4 is 0 Å². The minimum atomic E-state index is -0.510. The van der Waals surface area contributed by atoms with Crippen LogP contribution in [0, 0.1) is 5.41 Å². The molecule has 0 radical (unpaired) electrons. The van der Waals surface area contributed by atoms with Crippen molar-refractivity contribution >= 4 is 41.2 Å². The second kappa shape index (κ2) is 8.22. The van der Waals surface area contributed by atoms with Crippen molar-refractivity contribution in [2.75, 3.05) is 13.1 Å². The van der Waals surface area contributed by atoms with Crippen molar-refractivity contribution < 1.29 is 9.53 Å². The number of aliphatic imine (C=N–C) groups is 1. The van der Waals surface area contributed by atoms with Crippen molar-refractivity contribution in [1.82, 2.24) is 14.9 Å². The zero-order valence-electron chi connectivity index (χ0n) is 16.2. The summed E-state index contributed by atoms with van der Waals surface area (Å²) in [4.78, 5) is 27.1. The molecule has 1 aliphatic rings. The lowest BCUT2D eigenvalue weighted by Gasteiger charge is -2.24. The fourth-order valence-corrected chi connectivity index (χ4v) is 3.13. The number of nitrogens with one attached hydrogen (secondary N) is 1. The van der Waals surface area contributed by atoms with Gasteiger partial charge in [-0.1, -0.05) is 11.6 Å². The van der Waals surface area contributed by atoms with Crippen LogP contribution in [0.4, 0.5) is 4.79 Å². The standard InChI is InChI=1S/C20H24ClN5O2/c1-20(2,3)28-19(27)26-7-6-15(12-26)23-11-14(9-22)13-8-17-16(24-10-13)4-5-18(21)25-17/h4-5,8-11,14-15,22H,6-7,12H2,1-3H3/t14?,15-/m0/s1. The lowest BCUT2D eigenvalue weighted by atomic mass is 10.0. The fraction of sp³-hybridized carbons (Fsp3) is 0.450. The van der Waals surface area contributed by atoms with Crippen LogP contribution >= 0.6 is 11.6 Å². The molecule has 0 aromatic carbocycles. The van der Waals surface area contributed by atoms with Crippen molar-refractivity contribution in [2.24, 2.45) is 4.99 Å². The predicted octanol–water partition coefficient (Wildman–Crippen LogP) is 4.10. The third-order valence-corrected chi connectivity index (χ3v) is 4.57.